The number of aliphatic hydroxyl groups is 1. The van der Waals surface area contributed by atoms with Gasteiger partial charge < -0.3 is 21.1 Å². The number of hydrogen-bond acceptors (Lipinski definition) is 4. The van der Waals surface area contributed by atoms with E-state index in [1.165, 1.54) is 0 Å². The molecule has 0 aliphatic carbocycles. The van der Waals surface area contributed by atoms with E-state index < -0.39 is 6.04 Å². The van der Waals surface area contributed by atoms with E-state index in [4.69, 9.17) is 5.73 Å². The average molecular weight is 261 g/mol. The standard InChI is InChI=1S/C14H19N3O2/c1-8-4-5-17(12(8)7-18)9-2-3-10-11(6-9)16-14(19)13(10)15/h2-3,6,8,12-13,18H,4-5,7,15H2,1H3,(H,16,19). The summed E-state index contributed by atoms with van der Waals surface area (Å²) >= 11 is 0. The molecule has 2 aliphatic rings. The maximum absolute atomic E-state index is 11.5. The lowest BCUT2D eigenvalue weighted by Gasteiger charge is -2.27. The van der Waals surface area contributed by atoms with Gasteiger partial charge in [0.25, 0.3) is 0 Å². The van der Waals surface area contributed by atoms with Crippen molar-refractivity contribution in [2.45, 2.75) is 25.4 Å². The van der Waals surface area contributed by atoms with Crippen molar-refractivity contribution in [2.24, 2.45) is 11.7 Å². The lowest BCUT2D eigenvalue weighted by molar-refractivity contribution is -0.116. The Bertz CT molecular complexity index is 517. The second kappa shape index (κ2) is 4.51. The molecule has 1 fully saturated rings. The van der Waals surface area contributed by atoms with E-state index in [2.05, 4.69) is 17.1 Å². The molecule has 5 heteroatoms. The summed E-state index contributed by atoms with van der Waals surface area (Å²) < 4.78 is 0. The number of nitrogens with two attached hydrogens (primary N) is 1. The quantitative estimate of drug-likeness (QED) is 0.737. The fourth-order valence-corrected chi connectivity index (χ4v) is 3.06. The molecule has 1 amide bonds. The molecule has 0 radical (unpaired) electrons. The van der Waals surface area contributed by atoms with Gasteiger partial charge in [-0.25, -0.2) is 0 Å². The number of hydrogen-bond donors (Lipinski definition) is 3. The van der Waals surface area contributed by atoms with Gasteiger partial charge in [0, 0.05) is 23.5 Å². The number of nitrogens with zero attached hydrogens (tertiary/aromatic N) is 1. The maximum Gasteiger partial charge on any atom is 0.245 e. The van der Waals surface area contributed by atoms with Crippen molar-refractivity contribution in [1.29, 1.82) is 0 Å². The Balaban J connectivity index is 1.92. The molecule has 3 rings (SSSR count). The van der Waals surface area contributed by atoms with Crippen molar-refractivity contribution in [3.8, 4) is 0 Å². The van der Waals surface area contributed by atoms with Gasteiger partial charge in [0.15, 0.2) is 0 Å². The number of carbonyl (C=O) groups is 1. The second-order valence-corrected chi connectivity index (χ2v) is 5.45. The van der Waals surface area contributed by atoms with Crippen molar-refractivity contribution < 1.29 is 9.90 Å². The summed E-state index contributed by atoms with van der Waals surface area (Å²) in [4.78, 5) is 13.8. The fraction of sp³-hybridized carbons (Fsp3) is 0.500. The minimum atomic E-state index is -0.560. The Morgan fingerprint density at radius 2 is 2.32 bits per heavy atom. The van der Waals surface area contributed by atoms with Crippen LogP contribution in [0.4, 0.5) is 11.4 Å². The van der Waals surface area contributed by atoms with Crippen molar-refractivity contribution in [3.63, 3.8) is 0 Å². The van der Waals surface area contributed by atoms with Crippen LogP contribution >= 0.6 is 0 Å². The Hall–Kier alpha value is -1.59. The molecule has 1 saturated heterocycles. The summed E-state index contributed by atoms with van der Waals surface area (Å²) in [5.74, 6) is 0.329. The Morgan fingerprint density at radius 1 is 1.53 bits per heavy atom. The Morgan fingerprint density at radius 3 is 3.05 bits per heavy atom. The molecule has 0 bridgehead atoms. The fourth-order valence-electron chi connectivity index (χ4n) is 3.06. The predicted molar refractivity (Wildman–Crippen MR) is 74.0 cm³/mol. The summed E-state index contributed by atoms with van der Waals surface area (Å²) in [7, 11) is 0. The molecule has 19 heavy (non-hydrogen) atoms. The van der Waals surface area contributed by atoms with E-state index in [0.29, 0.717) is 5.92 Å². The third-order valence-electron chi connectivity index (χ3n) is 4.31. The Kier molecular flexibility index (Phi) is 2.95. The van der Waals surface area contributed by atoms with Gasteiger partial charge in [-0.3, -0.25) is 4.79 Å². The number of carbonyl (C=O) groups excluding carboxylic acids is 1. The van der Waals surface area contributed by atoms with Crippen molar-refractivity contribution in [1.82, 2.24) is 0 Å². The molecule has 1 aromatic rings. The molecule has 2 aliphatic heterocycles. The van der Waals surface area contributed by atoms with Gasteiger partial charge in [0.2, 0.25) is 5.91 Å². The summed E-state index contributed by atoms with van der Waals surface area (Å²) in [6.45, 7) is 3.25. The van der Waals surface area contributed by atoms with Crippen molar-refractivity contribution in [2.75, 3.05) is 23.4 Å². The highest BCUT2D eigenvalue weighted by Gasteiger charge is 2.32. The molecule has 102 valence electrons. The topological polar surface area (TPSA) is 78.6 Å². The first kappa shape index (κ1) is 12.4. The minimum Gasteiger partial charge on any atom is -0.394 e. The monoisotopic (exact) mass is 261 g/mol. The smallest absolute Gasteiger partial charge is 0.245 e. The molecule has 0 spiro atoms. The van der Waals surface area contributed by atoms with Gasteiger partial charge in [0.1, 0.15) is 6.04 Å². The summed E-state index contributed by atoms with van der Waals surface area (Å²) in [5, 5.41) is 12.3. The number of benzene rings is 1. The molecule has 3 unspecified atom stereocenters. The van der Waals surface area contributed by atoms with Crippen molar-refractivity contribution in [3.05, 3.63) is 23.8 Å². The highest BCUT2D eigenvalue weighted by Crippen LogP contribution is 2.36. The van der Waals surface area contributed by atoms with E-state index in [0.717, 1.165) is 29.9 Å². The van der Waals surface area contributed by atoms with Crippen LogP contribution in [0.2, 0.25) is 0 Å². The molecule has 0 aromatic heterocycles. The average Bonchev–Trinajstić information content (AvgIpc) is 2.90. The van der Waals surface area contributed by atoms with Gasteiger partial charge in [-0.1, -0.05) is 13.0 Å². The first-order chi connectivity index (χ1) is 9.11. The van der Waals surface area contributed by atoms with Crippen LogP contribution < -0.4 is 16.0 Å². The summed E-state index contributed by atoms with van der Waals surface area (Å²) in [6.07, 6.45) is 1.08. The van der Waals surface area contributed by atoms with Crippen LogP contribution in [0.15, 0.2) is 18.2 Å². The van der Waals surface area contributed by atoms with Gasteiger partial charge in [0.05, 0.1) is 12.6 Å². The number of nitrogens with one attached hydrogen (secondary N) is 1. The van der Waals surface area contributed by atoms with Crippen LogP contribution in [0.25, 0.3) is 0 Å². The summed E-state index contributed by atoms with van der Waals surface area (Å²) in [6, 6.07) is 5.45. The second-order valence-electron chi connectivity index (χ2n) is 5.45. The summed E-state index contributed by atoms with van der Waals surface area (Å²) in [5.41, 5.74) is 8.49. The van der Waals surface area contributed by atoms with Crippen LogP contribution in [0.1, 0.15) is 24.9 Å². The highest BCUT2D eigenvalue weighted by atomic mass is 16.3. The van der Waals surface area contributed by atoms with Gasteiger partial charge >= 0.3 is 0 Å². The van der Waals surface area contributed by atoms with Crippen LogP contribution in [0, 0.1) is 5.92 Å². The van der Waals surface area contributed by atoms with Gasteiger partial charge in [-0.05, 0) is 24.5 Å². The number of fused-ring (bicyclic) bond motifs is 1. The molecular weight excluding hydrogens is 242 g/mol. The molecule has 3 atom stereocenters. The van der Waals surface area contributed by atoms with E-state index in [-0.39, 0.29) is 18.6 Å². The van der Waals surface area contributed by atoms with E-state index in [9.17, 15) is 9.90 Å². The highest BCUT2D eigenvalue weighted by molar-refractivity contribution is 6.03. The first-order valence-corrected chi connectivity index (χ1v) is 6.69. The molecule has 5 nitrogen and oxygen atoms in total. The van der Waals surface area contributed by atoms with E-state index in [1.54, 1.807) is 0 Å². The minimum absolute atomic E-state index is 0.152. The van der Waals surface area contributed by atoms with Crippen LogP contribution in [0.3, 0.4) is 0 Å². The first-order valence-electron chi connectivity index (χ1n) is 6.69. The third kappa shape index (κ3) is 1.89. The van der Waals surface area contributed by atoms with Gasteiger partial charge in [-0.15, -0.1) is 0 Å². The maximum atomic E-state index is 11.5. The molecule has 1 aromatic carbocycles. The lowest BCUT2D eigenvalue weighted by atomic mass is 10.0. The zero-order valence-corrected chi connectivity index (χ0v) is 11.0. The van der Waals surface area contributed by atoms with Crippen LogP contribution in [-0.4, -0.2) is 30.2 Å². The molecule has 2 heterocycles. The third-order valence-corrected chi connectivity index (χ3v) is 4.31. The Labute approximate surface area is 112 Å². The number of aliphatic hydroxyl groups excluding tert-OH is 1. The van der Waals surface area contributed by atoms with Crippen LogP contribution in [-0.2, 0) is 4.79 Å². The zero-order valence-electron chi connectivity index (χ0n) is 11.0. The normalized spacial score (nSPS) is 29.5. The number of rotatable bonds is 2. The lowest BCUT2D eigenvalue weighted by Crippen LogP contribution is -2.35. The molecular formula is C14H19N3O2. The molecule has 4 N–H and O–H groups in total. The number of amides is 1. The predicted octanol–water partition coefficient (Wildman–Crippen LogP) is 0.846. The van der Waals surface area contributed by atoms with Crippen molar-refractivity contribution >= 4 is 17.3 Å². The van der Waals surface area contributed by atoms with Gasteiger partial charge in [-0.2, -0.15) is 0 Å². The van der Waals surface area contributed by atoms with E-state index in [1.807, 2.05) is 18.2 Å². The van der Waals surface area contributed by atoms with Crippen LogP contribution in [0.5, 0.6) is 0 Å². The molecule has 0 saturated carbocycles. The SMILES string of the molecule is CC1CCN(c2ccc3c(c2)NC(=O)C3N)C1CO. The zero-order chi connectivity index (χ0) is 13.6. The number of anilines is 2. The van der Waals surface area contributed by atoms with E-state index >= 15 is 0 Å². The largest absolute Gasteiger partial charge is 0.394 e.